The number of nitrogens with one attached hydrogen (secondary N) is 1. The molecular formula is C11H17NO2. The fourth-order valence-corrected chi connectivity index (χ4v) is 1.36. The highest BCUT2D eigenvalue weighted by molar-refractivity contribution is 5.51. The van der Waals surface area contributed by atoms with E-state index in [1.54, 1.807) is 7.11 Å². The molecule has 2 N–H and O–H groups in total. The maximum atomic E-state index is 9.09. The van der Waals surface area contributed by atoms with Gasteiger partial charge >= 0.3 is 0 Å². The van der Waals surface area contributed by atoms with Gasteiger partial charge in [0.05, 0.1) is 13.2 Å². The van der Waals surface area contributed by atoms with Gasteiger partial charge in [-0.3, -0.25) is 0 Å². The minimum atomic E-state index is 0.0584. The molecule has 0 radical (unpaired) electrons. The lowest BCUT2D eigenvalue weighted by atomic mass is 10.1. The van der Waals surface area contributed by atoms with E-state index in [0.717, 1.165) is 11.3 Å². The van der Waals surface area contributed by atoms with Crippen LogP contribution in [0.3, 0.4) is 0 Å². The summed E-state index contributed by atoms with van der Waals surface area (Å²) in [7, 11) is 1.68. The van der Waals surface area contributed by atoms with E-state index in [2.05, 4.69) is 5.32 Å². The molecule has 0 heterocycles. The van der Waals surface area contributed by atoms with E-state index in [1.807, 2.05) is 31.2 Å². The van der Waals surface area contributed by atoms with E-state index in [1.165, 1.54) is 0 Å². The van der Waals surface area contributed by atoms with Crippen LogP contribution in [-0.4, -0.2) is 24.9 Å². The van der Waals surface area contributed by atoms with E-state index in [-0.39, 0.29) is 12.6 Å². The Balaban J connectivity index is 2.65. The lowest BCUT2D eigenvalue weighted by Gasteiger charge is -2.16. The molecule has 0 aliphatic carbocycles. The van der Waals surface area contributed by atoms with Crippen molar-refractivity contribution in [3.05, 3.63) is 29.8 Å². The highest BCUT2D eigenvalue weighted by atomic mass is 16.5. The molecule has 1 aromatic rings. The Morgan fingerprint density at radius 1 is 1.43 bits per heavy atom. The van der Waals surface area contributed by atoms with Crippen LogP contribution in [0, 0.1) is 0 Å². The second kappa shape index (κ2) is 5.62. The van der Waals surface area contributed by atoms with Crippen molar-refractivity contribution in [3.8, 4) is 0 Å². The highest BCUT2D eigenvalue weighted by Gasteiger charge is 2.04. The van der Waals surface area contributed by atoms with Crippen molar-refractivity contribution in [2.45, 2.75) is 19.6 Å². The van der Waals surface area contributed by atoms with Gasteiger partial charge in [0.15, 0.2) is 0 Å². The van der Waals surface area contributed by atoms with Crippen LogP contribution in [0.15, 0.2) is 24.3 Å². The third-order valence-corrected chi connectivity index (χ3v) is 2.01. The lowest BCUT2D eigenvalue weighted by molar-refractivity contribution is 0.190. The third kappa shape index (κ3) is 3.01. The van der Waals surface area contributed by atoms with Gasteiger partial charge in [-0.05, 0) is 13.0 Å². The molecule has 0 unspecified atom stereocenters. The number of aliphatic hydroxyl groups excluding tert-OH is 1. The monoisotopic (exact) mass is 195 g/mol. The van der Waals surface area contributed by atoms with Gasteiger partial charge < -0.3 is 15.2 Å². The first-order valence-corrected chi connectivity index (χ1v) is 4.72. The summed E-state index contributed by atoms with van der Waals surface area (Å²) in [5.74, 6) is 0. The van der Waals surface area contributed by atoms with Crippen molar-refractivity contribution in [1.82, 2.24) is 0 Å². The topological polar surface area (TPSA) is 41.5 Å². The van der Waals surface area contributed by atoms with Gasteiger partial charge in [0.25, 0.3) is 0 Å². The number of ether oxygens (including phenoxy) is 1. The summed E-state index contributed by atoms with van der Waals surface area (Å²) in [4.78, 5) is 0. The van der Waals surface area contributed by atoms with Crippen LogP contribution >= 0.6 is 0 Å². The van der Waals surface area contributed by atoms with Crippen molar-refractivity contribution in [3.63, 3.8) is 0 Å². The lowest BCUT2D eigenvalue weighted by Crippen LogP contribution is -2.21. The summed E-state index contributed by atoms with van der Waals surface area (Å²) < 4.78 is 5.02. The molecule has 0 aliphatic heterocycles. The summed E-state index contributed by atoms with van der Waals surface area (Å²) in [6.07, 6.45) is 0. The molecule has 0 aliphatic rings. The van der Waals surface area contributed by atoms with Crippen LogP contribution < -0.4 is 5.32 Å². The van der Waals surface area contributed by atoms with Gasteiger partial charge in [-0.2, -0.15) is 0 Å². The van der Waals surface area contributed by atoms with Crippen LogP contribution in [-0.2, 0) is 11.3 Å². The molecule has 0 bridgehead atoms. The summed E-state index contributed by atoms with van der Waals surface area (Å²) in [6.45, 7) is 2.75. The number of methoxy groups -OCH3 is 1. The third-order valence-electron chi connectivity index (χ3n) is 2.01. The predicted octanol–water partition coefficient (Wildman–Crippen LogP) is 1.63. The number of benzene rings is 1. The second-order valence-corrected chi connectivity index (χ2v) is 3.32. The number of para-hydroxylation sites is 1. The maximum absolute atomic E-state index is 9.09. The maximum Gasteiger partial charge on any atom is 0.0701 e. The zero-order chi connectivity index (χ0) is 10.4. The van der Waals surface area contributed by atoms with Gasteiger partial charge in [-0.15, -0.1) is 0 Å². The molecular weight excluding hydrogens is 178 g/mol. The quantitative estimate of drug-likeness (QED) is 0.750. The largest absolute Gasteiger partial charge is 0.392 e. The smallest absolute Gasteiger partial charge is 0.0701 e. The van der Waals surface area contributed by atoms with Gasteiger partial charge in [-0.25, -0.2) is 0 Å². The Morgan fingerprint density at radius 2 is 2.14 bits per heavy atom. The molecule has 0 amide bonds. The molecule has 3 nitrogen and oxygen atoms in total. The van der Waals surface area contributed by atoms with Crippen molar-refractivity contribution < 1.29 is 9.84 Å². The molecule has 14 heavy (non-hydrogen) atoms. The van der Waals surface area contributed by atoms with Gasteiger partial charge in [0, 0.05) is 24.4 Å². The minimum absolute atomic E-state index is 0.0584. The predicted molar refractivity (Wildman–Crippen MR) is 57.3 cm³/mol. The first kappa shape index (κ1) is 11.0. The van der Waals surface area contributed by atoms with Crippen molar-refractivity contribution in [1.29, 1.82) is 0 Å². The van der Waals surface area contributed by atoms with E-state index < -0.39 is 0 Å². The number of aliphatic hydroxyl groups is 1. The molecule has 1 aromatic carbocycles. The molecule has 0 saturated heterocycles. The Morgan fingerprint density at radius 3 is 2.79 bits per heavy atom. The van der Waals surface area contributed by atoms with E-state index in [0.29, 0.717) is 6.61 Å². The Bertz CT molecular complexity index is 276. The first-order chi connectivity index (χ1) is 6.77. The van der Waals surface area contributed by atoms with Gasteiger partial charge in [-0.1, -0.05) is 18.2 Å². The summed E-state index contributed by atoms with van der Waals surface area (Å²) in [5.41, 5.74) is 1.88. The molecule has 78 valence electrons. The van der Waals surface area contributed by atoms with Crippen LogP contribution in [0.1, 0.15) is 12.5 Å². The molecule has 1 rings (SSSR count). The molecule has 3 heteroatoms. The van der Waals surface area contributed by atoms with Crippen molar-refractivity contribution in [2.75, 3.05) is 19.0 Å². The first-order valence-electron chi connectivity index (χ1n) is 4.72. The Hall–Kier alpha value is -1.06. The zero-order valence-corrected chi connectivity index (χ0v) is 8.66. The summed E-state index contributed by atoms with van der Waals surface area (Å²) in [6, 6.07) is 7.96. The number of hydrogen-bond donors (Lipinski definition) is 2. The molecule has 0 spiro atoms. The number of anilines is 1. The highest BCUT2D eigenvalue weighted by Crippen LogP contribution is 2.15. The fourth-order valence-electron chi connectivity index (χ4n) is 1.36. The normalized spacial score (nSPS) is 12.5. The van der Waals surface area contributed by atoms with Crippen LogP contribution in [0.5, 0.6) is 0 Å². The second-order valence-electron chi connectivity index (χ2n) is 3.32. The fraction of sp³-hybridized carbons (Fsp3) is 0.455. The summed E-state index contributed by atoms with van der Waals surface area (Å²) >= 11 is 0. The molecule has 1 atom stereocenters. The SMILES string of the molecule is COC[C@H](C)Nc1ccccc1CO. The minimum Gasteiger partial charge on any atom is -0.392 e. The zero-order valence-electron chi connectivity index (χ0n) is 8.66. The van der Waals surface area contributed by atoms with E-state index >= 15 is 0 Å². The average molecular weight is 195 g/mol. The Labute approximate surface area is 84.7 Å². The van der Waals surface area contributed by atoms with Gasteiger partial charge in [0.1, 0.15) is 0 Å². The van der Waals surface area contributed by atoms with Crippen LogP contribution in [0.4, 0.5) is 5.69 Å². The molecule has 0 fully saturated rings. The van der Waals surface area contributed by atoms with E-state index in [9.17, 15) is 0 Å². The molecule has 0 aromatic heterocycles. The van der Waals surface area contributed by atoms with Crippen molar-refractivity contribution in [2.24, 2.45) is 0 Å². The average Bonchev–Trinajstić information content (AvgIpc) is 2.19. The standard InChI is InChI=1S/C11H17NO2/c1-9(8-14-2)12-11-6-4-3-5-10(11)7-13/h3-6,9,12-13H,7-8H2,1-2H3/t9-/m0/s1. The van der Waals surface area contributed by atoms with E-state index in [4.69, 9.17) is 9.84 Å². The number of hydrogen-bond acceptors (Lipinski definition) is 3. The van der Waals surface area contributed by atoms with Crippen molar-refractivity contribution >= 4 is 5.69 Å². The van der Waals surface area contributed by atoms with Crippen LogP contribution in [0.2, 0.25) is 0 Å². The van der Waals surface area contributed by atoms with Gasteiger partial charge in [0.2, 0.25) is 0 Å². The summed E-state index contributed by atoms with van der Waals surface area (Å²) in [5, 5.41) is 12.4. The molecule has 0 saturated carbocycles. The van der Waals surface area contributed by atoms with Crippen LogP contribution in [0.25, 0.3) is 0 Å². The Kier molecular flexibility index (Phi) is 4.43. The number of rotatable bonds is 5.